The van der Waals surface area contributed by atoms with Gasteiger partial charge in [-0.2, -0.15) is 0 Å². The van der Waals surface area contributed by atoms with Crippen LogP contribution in [0, 0.1) is 0 Å². The van der Waals surface area contributed by atoms with Crippen molar-refractivity contribution in [2.75, 3.05) is 6.54 Å². The van der Waals surface area contributed by atoms with Gasteiger partial charge in [-0.3, -0.25) is 4.98 Å². The Morgan fingerprint density at radius 1 is 1.21 bits per heavy atom. The number of hydrogen-bond acceptors (Lipinski definition) is 3. The quantitative estimate of drug-likeness (QED) is 0.651. The van der Waals surface area contributed by atoms with Crippen molar-refractivity contribution in [3.63, 3.8) is 0 Å². The van der Waals surface area contributed by atoms with Gasteiger partial charge in [-0.15, -0.1) is 0 Å². The van der Waals surface area contributed by atoms with Gasteiger partial charge in [-0.05, 0) is 30.3 Å². The lowest BCUT2D eigenvalue weighted by Gasteiger charge is -2.16. The number of alkyl halides is 1. The molecule has 0 fully saturated rings. The standard InChI is InChI=1S/C15H17BrN2O/c1-2-18-15(16)13-5-3-4-6-14(13)19-11-12-7-9-17-10-8-12/h3-10,15,18H,2,11H2,1H3. The molecule has 2 rings (SSSR count). The molecule has 0 spiro atoms. The van der Waals surface area contributed by atoms with Gasteiger partial charge in [0, 0.05) is 18.0 Å². The number of halogens is 1. The Kier molecular flexibility index (Phi) is 5.36. The molecule has 3 nitrogen and oxygen atoms in total. The first-order chi connectivity index (χ1) is 9.31. The van der Waals surface area contributed by atoms with Crippen LogP contribution in [0.2, 0.25) is 0 Å². The van der Waals surface area contributed by atoms with Gasteiger partial charge in [0.2, 0.25) is 0 Å². The molecule has 0 saturated heterocycles. The van der Waals surface area contributed by atoms with E-state index in [4.69, 9.17) is 4.74 Å². The third kappa shape index (κ3) is 4.04. The molecule has 1 heterocycles. The van der Waals surface area contributed by atoms with Crippen molar-refractivity contribution < 1.29 is 4.74 Å². The molecule has 2 aromatic rings. The molecular weight excluding hydrogens is 304 g/mol. The minimum absolute atomic E-state index is 0.103. The summed E-state index contributed by atoms with van der Waals surface area (Å²) in [6.45, 7) is 3.52. The van der Waals surface area contributed by atoms with Crippen molar-refractivity contribution in [1.82, 2.24) is 10.3 Å². The third-order valence-electron chi connectivity index (χ3n) is 2.72. The van der Waals surface area contributed by atoms with Crippen LogP contribution < -0.4 is 10.1 Å². The molecule has 0 aliphatic heterocycles. The van der Waals surface area contributed by atoms with Crippen LogP contribution in [0.15, 0.2) is 48.8 Å². The molecule has 0 bridgehead atoms. The number of ether oxygens (including phenoxy) is 1. The molecule has 1 atom stereocenters. The Labute approximate surface area is 122 Å². The van der Waals surface area contributed by atoms with E-state index < -0.39 is 0 Å². The number of pyridine rings is 1. The first-order valence-electron chi connectivity index (χ1n) is 6.29. The number of para-hydroxylation sites is 1. The second-order valence-corrected chi connectivity index (χ2v) is 5.02. The van der Waals surface area contributed by atoms with E-state index in [1.807, 2.05) is 30.3 Å². The summed E-state index contributed by atoms with van der Waals surface area (Å²) in [6, 6.07) is 12.0. The van der Waals surface area contributed by atoms with Crippen LogP contribution in [0.1, 0.15) is 23.0 Å². The number of hydrogen-bond donors (Lipinski definition) is 1. The van der Waals surface area contributed by atoms with Crippen molar-refractivity contribution in [1.29, 1.82) is 0 Å². The van der Waals surface area contributed by atoms with Crippen molar-refractivity contribution in [2.24, 2.45) is 0 Å². The van der Waals surface area contributed by atoms with Crippen LogP contribution in [0.25, 0.3) is 0 Å². The SMILES string of the molecule is CCNC(Br)c1ccccc1OCc1ccncc1. The van der Waals surface area contributed by atoms with Crippen LogP contribution in [0.4, 0.5) is 0 Å². The predicted octanol–water partition coefficient (Wildman–Crippen LogP) is 3.66. The summed E-state index contributed by atoms with van der Waals surface area (Å²) in [5, 5.41) is 3.33. The minimum Gasteiger partial charge on any atom is -0.489 e. The third-order valence-corrected chi connectivity index (χ3v) is 3.54. The fourth-order valence-electron chi connectivity index (χ4n) is 1.75. The smallest absolute Gasteiger partial charge is 0.125 e. The molecule has 19 heavy (non-hydrogen) atoms. The molecular formula is C15H17BrN2O. The first-order valence-corrected chi connectivity index (χ1v) is 7.21. The molecule has 100 valence electrons. The monoisotopic (exact) mass is 320 g/mol. The number of nitrogens with zero attached hydrogens (tertiary/aromatic N) is 1. The van der Waals surface area contributed by atoms with Gasteiger partial charge in [0.25, 0.3) is 0 Å². The average molecular weight is 321 g/mol. The molecule has 1 aromatic carbocycles. The van der Waals surface area contributed by atoms with E-state index >= 15 is 0 Å². The highest BCUT2D eigenvalue weighted by molar-refractivity contribution is 9.09. The maximum absolute atomic E-state index is 5.89. The van der Waals surface area contributed by atoms with E-state index in [0.29, 0.717) is 6.61 Å². The van der Waals surface area contributed by atoms with Crippen LogP contribution in [0.3, 0.4) is 0 Å². The summed E-state index contributed by atoms with van der Waals surface area (Å²) < 4.78 is 5.89. The van der Waals surface area contributed by atoms with E-state index in [2.05, 4.69) is 39.2 Å². The van der Waals surface area contributed by atoms with Crippen LogP contribution >= 0.6 is 15.9 Å². The first kappa shape index (κ1) is 14.0. The largest absolute Gasteiger partial charge is 0.489 e. The normalized spacial score (nSPS) is 12.1. The van der Waals surface area contributed by atoms with Crippen molar-refractivity contribution in [3.8, 4) is 5.75 Å². The van der Waals surface area contributed by atoms with Crippen LogP contribution in [0.5, 0.6) is 5.75 Å². The molecule has 0 radical (unpaired) electrons. The summed E-state index contributed by atoms with van der Waals surface area (Å²) in [7, 11) is 0. The summed E-state index contributed by atoms with van der Waals surface area (Å²) >= 11 is 3.62. The molecule has 0 aliphatic rings. The summed E-state index contributed by atoms with van der Waals surface area (Å²) in [5.41, 5.74) is 2.22. The maximum atomic E-state index is 5.89. The van der Waals surface area contributed by atoms with Crippen molar-refractivity contribution >= 4 is 15.9 Å². The molecule has 0 aliphatic carbocycles. The summed E-state index contributed by atoms with van der Waals surface area (Å²) in [6.07, 6.45) is 3.55. The Morgan fingerprint density at radius 3 is 2.68 bits per heavy atom. The molecule has 4 heteroatoms. The summed E-state index contributed by atoms with van der Waals surface area (Å²) in [4.78, 5) is 4.10. The van der Waals surface area contributed by atoms with Gasteiger partial charge in [0.05, 0.1) is 4.95 Å². The predicted molar refractivity (Wildman–Crippen MR) is 80.4 cm³/mol. The van der Waals surface area contributed by atoms with Crippen molar-refractivity contribution in [3.05, 3.63) is 59.9 Å². The van der Waals surface area contributed by atoms with Gasteiger partial charge in [0.1, 0.15) is 12.4 Å². The van der Waals surface area contributed by atoms with E-state index in [-0.39, 0.29) is 4.95 Å². The van der Waals surface area contributed by atoms with Gasteiger partial charge in [-0.1, -0.05) is 41.1 Å². The number of rotatable bonds is 6. The highest BCUT2D eigenvalue weighted by Crippen LogP contribution is 2.29. The van der Waals surface area contributed by atoms with Crippen LogP contribution in [-0.4, -0.2) is 11.5 Å². The van der Waals surface area contributed by atoms with Crippen molar-refractivity contribution in [2.45, 2.75) is 18.5 Å². The molecule has 1 aromatic heterocycles. The lowest BCUT2D eigenvalue weighted by Crippen LogP contribution is -2.16. The fourth-order valence-corrected chi connectivity index (χ4v) is 2.45. The van der Waals surface area contributed by atoms with Gasteiger partial charge >= 0.3 is 0 Å². The van der Waals surface area contributed by atoms with E-state index in [1.165, 1.54) is 0 Å². The number of benzene rings is 1. The maximum Gasteiger partial charge on any atom is 0.125 e. The van der Waals surface area contributed by atoms with Crippen LogP contribution in [-0.2, 0) is 6.61 Å². The second-order valence-electron chi connectivity index (χ2n) is 4.10. The second kappa shape index (κ2) is 7.26. The zero-order valence-corrected chi connectivity index (χ0v) is 12.4. The van der Waals surface area contributed by atoms with E-state index in [0.717, 1.165) is 23.4 Å². The number of nitrogens with one attached hydrogen (secondary N) is 1. The molecule has 1 unspecified atom stereocenters. The molecule has 0 amide bonds. The fraction of sp³-hybridized carbons (Fsp3) is 0.267. The number of aromatic nitrogens is 1. The Bertz CT molecular complexity index is 505. The topological polar surface area (TPSA) is 34.1 Å². The van der Waals surface area contributed by atoms with Gasteiger partial charge < -0.3 is 10.1 Å². The Hall–Kier alpha value is -1.39. The zero-order valence-electron chi connectivity index (χ0n) is 10.8. The van der Waals surface area contributed by atoms with E-state index in [1.54, 1.807) is 12.4 Å². The molecule has 1 N–H and O–H groups in total. The lowest BCUT2D eigenvalue weighted by molar-refractivity contribution is 0.302. The minimum atomic E-state index is 0.103. The summed E-state index contributed by atoms with van der Waals surface area (Å²) in [5.74, 6) is 0.891. The average Bonchev–Trinajstić information content (AvgIpc) is 2.47. The highest BCUT2D eigenvalue weighted by atomic mass is 79.9. The molecule has 0 saturated carbocycles. The zero-order chi connectivity index (χ0) is 13.5. The highest BCUT2D eigenvalue weighted by Gasteiger charge is 2.11. The lowest BCUT2D eigenvalue weighted by atomic mass is 10.2. The Balaban J connectivity index is 2.07. The van der Waals surface area contributed by atoms with Gasteiger partial charge in [0.15, 0.2) is 0 Å². The Morgan fingerprint density at radius 2 is 1.95 bits per heavy atom. The van der Waals surface area contributed by atoms with Gasteiger partial charge in [-0.25, -0.2) is 0 Å². The van der Waals surface area contributed by atoms with E-state index in [9.17, 15) is 0 Å².